The molecule has 8 rings (SSSR count). The highest BCUT2D eigenvalue weighted by Gasteiger charge is 2.15. The van der Waals surface area contributed by atoms with Crippen molar-refractivity contribution in [3.63, 3.8) is 0 Å². The maximum Gasteiger partial charge on any atom is 0.124 e. The first-order chi connectivity index (χ1) is 20.3. The molecule has 0 aliphatic rings. The topological polar surface area (TPSA) is 29.0 Å². The molecular formula is C36H23N3S2. The summed E-state index contributed by atoms with van der Waals surface area (Å²) in [6, 6.07) is 49.1. The summed E-state index contributed by atoms with van der Waals surface area (Å²) < 4.78 is 2.33. The molecule has 0 N–H and O–H groups in total. The molecule has 41 heavy (non-hydrogen) atoms. The lowest BCUT2D eigenvalue weighted by Gasteiger charge is -2.25. The second kappa shape index (κ2) is 9.97. The first-order valence-electron chi connectivity index (χ1n) is 13.5. The van der Waals surface area contributed by atoms with Crippen molar-refractivity contribution in [1.82, 2.24) is 9.97 Å². The number of hydrogen-bond donors (Lipinski definition) is 0. The molecule has 0 aliphatic heterocycles. The fourth-order valence-corrected chi connectivity index (χ4v) is 7.28. The first-order valence-corrected chi connectivity index (χ1v) is 15.1. The number of benzene rings is 6. The number of fused-ring (bicyclic) bond motifs is 3. The van der Waals surface area contributed by atoms with Gasteiger partial charge in [-0.2, -0.15) is 0 Å². The minimum Gasteiger partial charge on any atom is -0.310 e. The predicted octanol–water partition coefficient (Wildman–Crippen LogP) is 10.9. The van der Waals surface area contributed by atoms with E-state index < -0.39 is 0 Å². The molecule has 0 fully saturated rings. The van der Waals surface area contributed by atoms with Crippen molar-refractivity contribution in [1.29, 1.82) is 0 Å². The van der Waals surface area contributed by atoms with Gasteiger partial charge < -0.3 is 4.90 Å². The lowest BCUT2D eigenvalue weighted by Crippen LogP contribution is -2.09. The van der Waals surface area contributed by atoms with E-state index in [4.69, 9.17) is 9.97 Å². The summed E-state index contributed by atoms with van der Waals surface area (Å²) in [5.41, 5.74) is 7.67. The van der Waals surface area contributed by atoms with E-state index in [-0.39, 0.29) is 0 Å². The van der Waals surface area contributed by atoms with Crippen LogP contribution in [0, 0.1) is 0 Å². The van der Waals surface area contributed by atoms with Gasteiger partial charge in [0.05, 0.1) is 20.4 Å². The molecule has 0 bridgehead atoms. The summed E-state index contributed by atoms with van der Waals surface area (Å²) in [5.74, 6) is 0. The third-order valence-corrected chi connectivity index (χ3v) is 9.43. The molecule has 8 aromatic rings. The van der Waals surface area contributed by atoms with Gasteiger partial charge in [-0.05, 0) is 77.5 Å². The molecule has 0 atom stereocenters. The molecule has 0 saturated heterocycles. The first kappa shape index (κ1) is 24.0. The zero-order valence-electron chi connectivity index (χ0n) is 21.9. The third-order valence-electron chi connectivity index (χ3n) is 7.29. The van der Waals surface area contributed by atoms with Crippen LogP contribution < -0.4 is 4.90 Å². The average Bonchev–Trinajstić information content (AvgIpc) is 3.66. The molecule has 194 valence electrons. The van der Waals surface area contributed by atoms with E-state index >= 15 is 0 Å². The molecule has 0 aliphatic carbocycles. The quantitative estimate of drug-likeness (QED) is 0.209. The standard InChI is InChI=1S/C36H23N3S2/c1-3-11-28(12-4-1)39(29-13-5-2-6-14-29)30-18-20-32-34(23-30)41-36(38-32)27-17-19-31-33(22-27)40-35(37-31)26-16-15-24-9-7-8-10-25(24)21-26/h1-23H. The van der Waals surface area contributed by atoms with E-state index in [9.17, 15) is 0 Å². The molecular weight excluding hydrogens is 539 g/mol. The zero-order valence-corrected chi connectivity index (χ0v) is 23.6. The van der Waals surface area contributed by atoms with Crippen LogP contribution in [0.4, 0.5) is 17.1 Å². The fourth-order valence-electron chi connectivity index (χ4n) is 5.28. The number of rotatable bonds is 5. The maximum absolute atomic E-state index is 5.02. The summed E-state index contributed by atoms with van der Waals surface area (Å²) in [6.45, 7) is 0. The summed E-state index contributed by atoms with van der Waals surface area (Å²) in [7, 11) is 0. The van der Waals surface area contributed by atoms with Gasteiger partial charge >= 0.3 is 0 Å². The second-order valence-corrected chi connectivity index (χ2v) is 12.0. The highest BCUT2D eigenvalue weighted by molar-refractivity contribution is 7.22. The molecule has 2 heterocycles. The molecule has 0 radical (unpaired) electrons. The van der Waals surface area contributed by atoms with Crippen molar-refractivity contribution in [2.75, 3.05) is 4.90 Å². The fraction of sp³-hybridized carbons (Fsp3) is 0. The van der Waals surface area contributed by atoms with E-state index in [1.54, 1.807) is 22.7 Å². The Kier molecular flexibility index (Phi) is 5.83. The third kappa shape index (κ3) is 4.45. The Morgan fingerprint density at radius 2 is 0.951 bits per heavy atom. The number of thiazole rings is 2. The van der Waals surface area contributed by atoms with Crippen molar-refractivity contribution in [2.45, 2.75) is 0 Å². The smallest absolute Gasteiger partial charge is 0.124 e. The van der Waals surface area contributed by atoms with E-state index in [2.05, 4.69) is 144 Å². The average molecular weight is 562 g/mol. The van der Waals surface area contributed by atoms with Crippen LogP contribution in [0.5, 0.6) is 0 Å². The molecule has 0 amide bonds. The van der Waals surface area contributed by atoms with Crippen molar-refractivity contribution < 1.29 is 0 Å². The van der Waals surface area contributed by atoms with E-state index in [0.717, 1.165) is 53.9 Å². The van der Waals surface area contributed by atoms with Gasteiger partial charge in [-0.25, -0.2) is 9.97 Å². The molecule has 0 unspecified atom stereocenters. The van der Waals surface area contributed by atoms with Crippen LogP contribution in [-0.4, -0.2) is 9.97 Å². The van der Waals surface area contributed by atoms with Gasteiger partial charge in [0.2, 0.25) is 0 Å². The highest BCUT2D eigenvalue weighted by atomic mass is 32.1. The van der Waals surface area contributed by atoms with Gasteiger partial charge in [-0.15, -0.1) is 22.7 Å². The summed E-state index contributed by atoms with van der Waals surface area (Å²) in [4.78, 5) is 12.3. The Balaban J connectivity index is 1.16. The monoisotopic (exact) mass is 561 g/mol. The van der Waals surface area contributed by atoms with Gasteiger partial charge in [0.25, 0.3) is 0 Å². The molecule has 0 spiro atoms. The minimum atomic E-state index is 1.01. The van der Waals surface area contributed by atoms with Crippen LogP contribution in [0.3, 0.4) is 0 Å². The molecule has 6 aromatic carbocycles. The Hall–Kier alpha value is -4.84. The van der Waals surface area contributed by atoms with Gasteiger partial charge in [0.15, 0.2) is 0 Å². The molecule has 0 saturated carbocycles. The second-order valence-electron chi connectivity index (χ2n) is 9.94. The van der Waals surface area contributed by atoms with Gasteiger partial charge in [-0.1, -0.05) is 72.8 Å². The number of aromatic nitrogens is 2. The minimum absolute atomic E-state index is 1.01. The lowest BCUT2D eigenvalue weighted by molar-refractivity contribution is 1.29. The SMILES string of the molecule is c1ccc(N(c2ccccc2)c2ccc3nc(-c4ccc5nc(-c6ccc7ccccc7c6)sc5c4)sc3c2)cc1. The zero-order chi connectivity index (χ0) is 27.2. The maximum atomic E-state index is 5.02. The Morgan fingerprint density at radius 3 is 1.63 bits per heavy atom. The van der Waals surface area contributed by atoms with Crippen LogP contribution in [0.2, 0.25) is 0 Å². The van der Waals surface area contributed by atoms with Crippen LogP contribution in [0.15, 0.2) is 140 Å². The highest BCUT2D eigenvalue weighted by Crippen LogP contribution is 2.40. The summed E-state index contributed by atoms with van der Waals surface area (Å²) >= 11 is 3.47. The number of para-hydroxylation sites is 2. The van der Waals surface area contributed by atoms with Gasteiger partial charge in [0.1, 0.15) is 10.0 Å². The van der Waals surface area contributed by atoms with Crippen molar-refractivity contribution >= 4 is 70.9 Å². The van der Waals surface area contributed by atoms with Crippen molar-refractivity contribution in [3.8, 4) is 21.1 Å². The van der Waals surface area contributed by atoms with Crippen LogP contribution in [-0.2, 0) is 0 Å². The Labute approximate surface area is 245 Å². The number of hydrogen-bond acceptors (Lipinski definition) is 5. The molecule has 3 nitrogen and oxygen atoms in total. The van der Waals surface area contributed by atoms with E-state index in [1.807, 2.05) is 0 Å². The van der Waals surface area contributed by atoms with Gasteiger partial charge in [-0.3, -0.25) is 0 Å². The predicted molar refractivity (Wildman–Crippen MR) is 176 cm³/mol. The molecule has 5 heteroatoms. The molecule has 2 aromatic heterocycles. The van der Waals surface area contributed by atoms with E-state index in [1.165, 1.54) is 15.5 Å². The normalized spacial score (nSPS) is 11.4. The van der Waals surface area contributed by atoms with Crippen LogP contribution in [0.25, 0.3) is 52.3 Å². The summed E-state index contributed by atoms with van der Waals surface area (Å²) in [5, 5.41) is 4.54. The number of nitrogens with zero attached hydrogens (tertiary/aromatic N) is 3. The summed E-state index contributed by atoms with van der Waals surface area (Å²) in [6.07, 6.45) is 0. The lowest BCUT2D eigenvalue weighted by atomic mass is 10.1. The van der Waals surface area contributed by atoms with Crippen molar-refractivity contribution in [3.05, 3.63) is 140 Å². The van der Waals surface area contributed by atoms with Crippen LogP contribution in [0.1, 0.15) is 0 Å². The van der Waals surface area contributed by atoms with Crippen LogP contribution >= 0.6 is 22.7 Å². The number of anilines is 3. The Morgan fingerprint density at radius 1 is 0.415 bits per heavy atom. The van der Waals surface area contributed by atoms with Gasteiger partial charge in [0, 0.05) is 28.2 Å². The Bertz CT molecular complexity index is 2130. The largest absolute Gasteiger partial charge is 0.310 e. The van der Waals surface area contributed by atoms with Crippen molar-refractivity contribution in [2.24, 2.45) is 0 Å². The van der Waals surface area contributed by atoms with E-state index in [0.29, 0.717) is 0 Å².